The van der Waals surface area contributed by atoms with Crippen LogP contribution in [0.4, 0.5) is 0 Å². The van der Waals surface area contributed by atoms with Crippen LogP contribution in [-0.2, 0) is 7.05 Å². The molecule has 1 fully saturated rings. The zero-order valence-corrected chi connectivity index (χ0v) is 10.3. The number of imidazole rings is 1. The summed E-state index contributed by atoms with van der Waals surface area (Å²) in [5, 5.41) is 0. The fraction of sp³-hybridized carbons (Fsp3) is 0.667. The smallest absolute Gasteiger partial charge is 0.272 e. The first-order chi connectivity index (χ1) is 8.24. The van der Waals surface area contributed by atoms with E-state index in [2.05, 4.69) is 4.98 Å². The van der Waals surface area contributed by atoms with Crippen molar-refractivity contribution >= 4 is 5.91 Å². The summed E-state index contributed by atoms with van der Waals surface area (Å²) in [5.74, 6) is 0.0577. The molecule has 0 radical (unpaired) electrons. The van der Waals surface area contributed by atoms with Crippen molar-refractivity contribution in [1.82, 2.24) is 14.5 Å². The molecule has 17 heavy (non-hydrogen) atoms. The third kappa shape index (κ3) is 2.49. The molecule has 1 aliphatic heterocycles. The molecule has 2 rings (SSSR count). The molecule has 0 bridgehead atoms. The number of nitrogens with zero attached hydrogens (tertiary/aromatic N) is 3. The maximum absolute atomic E-state index is 12.4. The molecule has 94 valence electrons. The number of rotatable bonds is 2. The predicted octanol–water partition coefficient (Wildman–Crippen LogP) is 0.764. The van der Waals surface area contributed by atoms with Gasteiger partial charge in [-0.3, -0.25) is 4.79 Å². The summed E-state index contributed by atoms with van der Waals surface area (Å²) in [4.78, 5) is 18.3. The van der Waals surface area contributed by atoms with Gasteiger partial charge in [0.05, 0.1) is 12.5 Å². The third-order valence-electron chi connectivity index (χ3n) is 3.45. The largest absolute Gasteiger partial charge is 0.333 e. The maximum Gasteiger partial charge on any atom is 0.272 e. The van der Waals surface area contributed by atoms with Crippen LogP contribution >= 0.6 is 0 Å². The predicted molar refractivity (Wildman–Crippen MR) is 65.6 cm³/mol. The number of hydrogen-bond donors (Lipinski definition) is 1. The first-order valence-corrected chi connectivity index (χ1v) is 6.21. The van der Waals surface area contributed by atoms with Crippen molar-refractivity contribution in [2.24, 2.45) is 12.8 Å². The van der Waals surface area contributed by atoms with Crippen molar-refractivity contribution in [3.05, 3.63) is 18.2 Å². The topological polar surface area (TPSA) is 64.2 Å². The van der Waals surface area contributed by atoms with Crippen LogP contribution in [0.5, 0.6) is 0 Å². The molecule has 1 aromatic rings. The van der Waals surface area contributed by atoms with E-state index in [1.165, 1.54) is 6.42 Å². The highest BCUT2D eigenvalue weighted by Gasteiger charge is 2.26. The van der Waals surface area contributed by atoms with Gasteiger partial charge in [-0.15, -0.1) is 0 Å². The van der Waals surface area contributed by atoms with Crippen LogP contribution in [-0.4, -0.2) is 39.5 Å². The highest BCUT2D eigenvalue weighted by molar-refractivity contribution is 5.92. The number of likely N-dealkylation sites (tertiary alicyclic amines) is 1. The number of aryl methyl sites for hydroxylation is 1. The highest BCUT2D eigenvalue weighted by atomic mass is 16.2. The van der Waals surface area contributed by atoms with Gasteiger partial charge in [0.25, 0.3) is 5.91 Å². The first kappa shape index (κ1) is 12.1. The molecule has 1 aromatic heterocycles. The minimum absolute atomic E-state index is 0.0577. The lowest BCUT2D eigenvalue weighted by Gasteiger charge is -2.29. The van der Waals surface area contributed by atoms with E-state index in [1.807, 2.05) is 11.9 Å². The molecule has 0 aliphatic carbocycles. The average Bonchev–Trinajstić information content (AvgIpc) is 2.64. The van der Waals surface area contributed by atoms with Gasteiger partial charge in [-0.1, -0.05) is 12.8 Å². The molecule has 1 unspecified atom stereocenters. The zero-order chi connectivity index (χ0) is 12.3. The van der Waals surface area contributed by atoms with E-state index < -0.39 is 0 Å². The van der Waals surface area contributed by atoms with E-state index in [1.54, 1.807) is 17.1 Å². The third-order valence-corrected chi connectivity index (χ3v) is 3.45. The standard InChI is InChI=1S/C12H20N4O/c1-15-9-14-8-11(15)12(17)16-6-4-2-3-5-10(16)7-13/h8-10H,2-7,13H2,1H3. The molecule has 5 heteroatoms. The van der Waals surface area contributed by atoms with Gasteiger partial charge < -0.3 is 15.2 Å². The lowest BCUT2D eigenvalue weighted by molar-refractivity contribution is 0.0679. The summed E-state index contributed by atoms with van der Waals surface area (Å²) in [6, 6.07) is 0.180. The van der Waals surface area contributed by atoms with Gasteiger partial charge in [-0.2, -0.15) is 0 Å². The van der Waals surface area contributed by atoms with Crippen molar-refractivity contribution in [2.45, 2.75) is 31.7 Å². The molecule has 2 N–H and O–H groups in total. The van der Waals surface area contributed by atoms with Crippen LogP contribution < -0.4 is 5.73 Å². The van der Waals surface area contributed by atoms with Crippen molar-refractivity contribution in [3.8, 4) is 0 Å². The van der Waals surface area contributed by atoms with E-state index in [4.69, 9.17) is 5.73 Å². The molecule has 1 aliphatic rings. The quantitative estimate of drug-likeness (QED) is 0.824. The Hall–Kier alpha value is -1.36. The summed E-state index contributed by atoms with van der Waals surface area (Å²) in [5.41, 5.74) is 6.42. The summed E-state index contributed by atoms with van der Waals surface area (Å²) < 4.78 is 1.76. The summed E-state index contributed by atoms with van der Waals surface area (Å²) in [7, 11) is 1.84. The molecular weight excluding hydrogens is 216 g/mol. The van der Waals surface area contributed by atoms with Crippen LogP contribution in [0.1, 0.15) is 36.2 Å². The fourth-order valence-corrected chi connectivity index (χ4v) is 2.40. The van der Waals surface area contributed by atoms with Crippen molar-refractivity contribution in [1.29, 1.82) is 0 Å². The fourth-order valence-electron chi connectivity index (χ4n) is 2.40. The SMILES string of the molecule is Cn1cncc1C(=O)N1CCCCCC1CN. The van der Waals surface area contributed by atoms with Crippen molar-refractivity contribution in [3.63, 3.8) is 0 Å². The Balaban J connectivity index is 2.18. The Morgan fingerprint density at radius 1 is 1.53 bits per heavy atom. The van der Waals surface area contributed by atoms with E-state index in [-0.39, 0.29) is 11.9 Å². The summed E-state index contributed by atoms with van der Waals surface area (Å²) >= 11 is 0. The van der Waals surface area contributed by atoms with Gasteiger partial charge in [0.1, 0.15) is 5.69 Å². The number of nitrogens with two attached hydrogens (primary N) is 1. The van der Waals surface area contributed by atoms with Gasteiger partial charge in [-0.25, -0.2) is 4.98 Å². The first-order valence-electron chi connectivity index (χ1n) is 6.21. The molecule has 2 heterocycles. The number of carbonyl (C=O) groups is 1. The maximum atomic E-state index is 12.4. The minimum Gasteiger partial charge on any atom is -0.333 e. The second-order valence-corrected chi connectivity index (χ2v) is 4.63. The van der Waals surface area contributed by atoms with Crippen LogP contribution in [0.3, 0.4) is 0 Å². The number of amides is 1. The molecule has 0 aromatic carbocycles. The van der Waals surface area contributed by atoms with Gasteiger partial charge in [0, 0.05) is 26.2 Å². The van der Waals surface area contributed by atoms with E-state index in [9.17, 15) is 4.79 Å². The van der Waals surface area contributed by atoms with Crippen LogP contribution in [0.25, 0.3) is 0 Å². The number of hydrogen-bond acceptors (Lipinski definition) is 3. The van der Waals surface area contributed by atoms with Crippen LogP contribution in [0.15, 0.2) is 12.5 Å². The highest BCUT2D eigenvalue weighted by Crippen LogP contribution is 2.18. The van der Waals surface area contributed by atoms with Gasteiger partial charge in [0.15, 0.2) is 0 Å². The Bertz CT molecular complexity index is 388. The second-order valence-electron chi connectivity index (χ2n) is 4.63. The monoisotopic (exact) mass is 236 g/mol. The lowest BCUT2D eigenvalue weighted by Crippen LogP contribution is -2.44. The Kier molecular flexibility index (Phi) is 3.78. The number of aromatic nitrogens is 2. The van der Waals surface area contributed by atoms with Crippen LogP contribution in [0, 0.1) is 0 Å². The molecule has 5 nitrogen and oxygen atoms in total. The van der Waals surface area contributed by atoms with Gasteiger partial charge in [-0.05, 0) is 12.8 Å². The normalized spacial score (nSPS) is 21.3. The van der Waals surface area contributed by atoms with E-state index in [0.29, 0.717) is 12.2 Å². The second kappa shape index (κ2) is 5.31. The molecular formula is C12H20N4O. The Morgan fingerprint density at radius 3 is 3.00 bits per heavy atom. The Labute approximate surface area is 102 Å². The van der Waals surface area contributed by atoms with E-state index in [0.717, 1.165) is 25.8 Å². The van der Waals surface area contributed by atoms with Crippen molar-refractivity contribution < 1.29 is 4.79 Å². The minimum atomic E-state index is 0.0577. The van der Waals surface area contributed by atoms with Gasteiger partial charge >= 0.3 is 0 Å². The van der Waals surface area contributed by atoms with Crippen molar-refractivity contribution in [2.75, 3.05) is 13.1 Å². The van der Waals surface area contributed by atoms with Crippen LogP contribution in [0.2, 0.25) is 0 Å². The molecule has 0 saturated carbocycles. The van der Waals surface area contributed by atoms with Gasteiger partial charge in [0.2, 0.25) is 0 Å². The summed E-state index contributed by atoms with van der Waals surface area (Å²) in [6.07, 6.45) is 7.71. The molecule has 0 spiro atoms. The lowest BCUT2D eigenvalue weighted by atomic mass is 10.1. The average molecular weight is 236 g/mol. The molecule has 1 amide bonds. The number of carbonyl (C=O) groups excluding carboxylic acids is 1. The molecule has 1 saturated heterocycles. The molecule has 1 atom stereocenters. The Morgan fingerprint density at radius 2 is 2.35 bits per heavy atom. The van der Waals surface area contributed by atoms with E-state index >= 15 is 0 Å². The summed E-state index contributed by atoms with van der Waals surface area (Å²) in [6.45, 7) is 1.36. The zero-order valence-electron chi connectivity index (χ0n) is 10.3.